The third kappa shape index (κ3) is 1.46. The number of hydrogen-bond donors (Lipinski definition) is 0. The Morgan fingerprint density at radius 2 is 1.75 bits per heavy atom. The topological polar surface area (TPSA) is 3.88 Å². The highest BCUT2D eigenvalue weighted by Crippen LogP contribution is 2.35. The van der Waals surface area contributed by atoms with Gasteiger partial charge in [0.15, 0.2) is 12.2 Å². The molecular weight excluding hydrogens is 242 g/mol. The number of aryl methyl sites for hydroxylation is 3. The molecule has 0 spiro atoms. The summed E-state index contributed by atoms with van der Waals surface area (Å²) in [5.41, 5.74) is 8.39. The number of benzene rings is 2. The van der Waals surface area contributed by atoms with Crippen molar-refractivity contribution in [2.45, 2.75) is 27.3 Å². The molecule has 0 radical (unpaired) electrons. The summed E-state index contributed by atoms with van der Waals surface area (Å²) in [4.78, 5) is 0. The molecule has 20 heavy (non-hydrogen) atoms. The van der Waals surface area contributed by atoms with Gasteiger partial charge in [-0.05, 0) is 42.5 Å². The fourth-order valence-electron chi connectivity index (χ4n) is 3.53. The second-order valence-electron chi connectivity index (χ2n) is 5.92. The van der Waals surface area contributed by atoms with E-state index >= 15 is 0 Å². The highest BCUT2D eigenvalue weighted by atomic mass is 15.0. The lowest BCUT2D eigenvalue weighted by Gasteiger charge is -2.04. The van der Waals surface area contributed by atoms with Gasteiger partial charge in [-0.3, -0.25) is 0 Å². The average molecular weight is 260 g/mol. The minimum Gasteiger partial charge on any atom is -0.191 e. The maximum atomic E-state index is 2.46. The van der Waals surface area contributed by atoms with Crippen molar-refractivity contribution in [3.8, 4) is 11.3 Å². The third-order valence-corrected chi connectivity index (χ3v) is 4.46. The molecule has 1 heteroatoms. The van der Waals surface area contributed by atoms with Gasteiger partial charge in [-0.25, -0.2) is 0 Å². The van der Waals surface area contributed by atoms with Crippen LogP contribution in [0.2, 0.25) is 0 Å². The number of hydrogen-bond acceptors (Lipinski definition) is 0. The number of rotatable bonds is 0. The molecule has 1 nitrogen and oxygen atoms in total. The van der Waals surface area contributed by atoms with E-state index in [0.29, 0.717) is 0 Å². The summed E-state index contributed by atoms with van der Waals surface area (Å²) in [6.45, 7) is 7.64. The molecule has 1 aromatic heterocycles. The Kier molecular flexibility index (Phi) is 2.29. The zero-order chi connectivity index (χ0) is 13.9. The lowest BCUT2D eigenvalue weighted by molar-refractivity contribution is -0.677. The molecule has 0 saturated carbocycles. The van der Waals surface area contributed by atoms with E-state index in [-0.39, 0.29) is 0 Å². The van der Waals surface area contributed by atoms with Crippen LogP contribution in [-0.4, -0.2) is 0 Å². The summed E-state index contributed by atoms with van der Waals surface area (Å²) in [5, 5.41) is 2.70. The van der Waals surface area contributed by atoms with Crippen LogP contribution >= 0.6 is 0 Å². The Hall–Kier alpha value is -2.15. The van der Waals surface area contributed by atoms with Crippen LogP contribution in [0.4, 0.5) is 0 Å². The fraction of sp³-hybridized carbons (Fsp3) is 0.211. The van der Waals surface area contributed by atoms with Gasteiger partial charge < -0.3 is 0 Å². The minimum absolute atomic E-state index is 1.01. The first-order valence-corrected chi connectivity index (χ1v) is 7.18. The molecule has 1 aliphatic heterocycles. The molecule has 0 aliphatic carbocycles. The van der Waals surface area contributed by atoms with Gasteiger partial charge in [0, 0.05) is 18.6 Å². The van der Waals surface area contributed by atoms with Crippen molar-refractivity contribution in [3.05, 3.63) is 64.8 Å². The van der Waals surface area contributed by atoms with E-state index in [1.54, 1.807) is 0 Å². The van der Waals surface area contributed by atoms with Crippen LogP contribution in [0.5, 0.6) is 0 Å². The Balaban J connectivity index is 2.18. The molecule has 0 atom stereocenters. The van der Waals surface area contributed by atoms with E-state index in [0.717, 1.165) is 6.54 Å². The smallest absolute Gasteiger partial charge is 0.191 e. The monoisotopic (exact) mass is 260 g/mol. The largest absolute Gasteiger partial charge is 0.221 e. The van der Waals surface area contributed by atoms with Crippen LogP contribution in [0.1, 0.15) is 22.4 Å². The van der Waals surface area contributed by atoms with Gasteiger partial charge in [-0.2, -0.15) is 4.57 Å². The molecule has 0 N–H and O–H groups in total. The van der Waals surface area contributed by atoms with E-state index in [4.69, 9.17) is 0 Å². The predicted octanol–water partition coefficient (Wildman–Crippen LogP) is 4.08. The molecule has 0 amide bonds. The van der Waals surface area contributed by atoms with E-state index in [1.165, 1.54) is 44.4 Å². The van der Waals surface area contributed by atoms with Gasteiger partial charge in [0.25, 0.3) is 0 Å². The van der Waals surface area contributed by atoms with Crippen LogP contribution in [0.3, 0.4) is 0 Å². The zero-order valence-corrected chi connectivity index (χ0v) is 12.2. The lowest BCUT2D eigenvalue weighted by atomic mass is 9.97. The van der Waals surface area contributed by atoms with Crippen molar-refractivity contribution in [1.82, 2.24) is 0 Å². The van der Waals surface area contributed by atoms with Crippen LogP contribution < -0.4 is 4.57 Å². The van der Waals surface area contributed by atoms with Crippen molar-refractivity contribution in [2.24, 2.45) is 0 Å². The number of fused-ring (bicyclic) bond motifs is 5. The summed E-state index contributed by atoms with van der Waals surface area (Å²) in [5.74, 6) is 0. The van der Waals surface area contributed by atoms with Crippen LogP contribution in [0.25, 0.3) is 22.0 Å². The quantitative estimate of drug-likeness (QED) is 0.419. The van der Waals surface area contributed by atoms with E-state index in [9.17, 15) is 0 Å². The summed E-state index contributed by atoms with van der Waals surface area (Å²) < 4.78 is 2.46. The summed E-state index contributed by atoms with van der Waals surface area (Å²) >= 11 is 0. The molecule has 0 unspecified atom stereocenters. The van der Waals surface area contributed by atoms with E-state index < -0.39 is 0 Å². The summed E-state index contributed by atoms with van der Waals surface area (Å²) in [6, 6.07) is 15.6. The van der Waals surface area contributed by atoms with Gasteiger partial charge in [0.05, 0.1) is 10.9 Å². The molecule has 0 bridgehead atoms. The lowest BCUT2D eigenvalue weighted by Crippen LogP contribution is -2.36. The molecule has 98 valence electrons. The Labute approximate surface area is 119 Å². The maximum Gasteiger partial charge on any atom is 0.221 e. The van der Waals surface area contributed by atoms with Crippen LogP contribution in [0, 0.1) is 20.8 Å². The standard InChI is InChI=1S/C19H18N/c1-12-8-13(2)18-11-20-14(3)10-15-6-4-5-7-16(15)19(20)17(18)9-12/h4-10H,11H2,1-3H3/q+1. The molecule has 3 aromatic rings. The second kappa shape index (κ2) is 3.92. The van der Waals surface area contributed by atoms with Gasteiger partial charge in [-0.15, -0.1) is 0 Å². The fourth-order valence-corrected chi connectivity index (χ4v) is 3.53. The number of pyridine rings is 1. The van der Waals surface area contributed by atoms with E-state index in [1.807, 2.05) is 0 Å². The first-order valence-electron chi connectivity index (χ1n) is 7.18. The molecule has 2 aromatic carbocycles. The van der Waals surface area contributed by atoms with Crippen molar-refractivity contribution in [1.29, 1.82) is 0 Å². The summed E-state index contributed by atoms with van der Waals surface area (Å²) in [6.07, 6.45) is 0. The molecule has 4 rings (SSSR count). The average Bonchev–Trinajstić information content (AvgIpc) is 2.80. The van der Waals surface area contributed by atoms with Crippen LogP contribution in [0.15, 0.2) is 42.5 Å². The van der Waals surface area contributed by atoms with Gasteiger partial charge in [-0.1, -0.05) is 24.3 Å². The predicted molar refractivity (Wildman–Crippen MR) is 82.9 cm³/mol. The zero-order valence-electron chi connectivity index (χ0n) is 12.2. The second-order valence-corrected chi connectivity index (χ2v) is 5.92. The maximum absolute atomic E-state index is 2.46. The molecular formula is C19H18N+. The van der Waals surface area contributed by atoms with Crippen molar-refractivity contribution in [2.75, 3.05) is 0 Å². The molecule has 0 saturated heterocycles. The third-order valence-electron chi connectivity index (χ3n) is 4.46. The number of aromatic nitrogens is 1. The SMILES string of the molecule is Cc1cc(C)c2c(c1)-c1c3ccccc3cc(C)[n+]1C2. The summed E-state index contributed by atoms with van der Waals surface area (Å²) in [7, 11) is 0. The Morgan fingerprint density at radius 3 is 2.60 bits per heavy atom. The minimum atomic E-state index is 1.01. The molecule has 1 aliphatic rings. The number of nitrogens with zero attached hydrogens (tertiary/aromatic N) is 1. The first kappa shape index (κ1) is 11.7. The normalized spacial score (nSPS) is 12.6. The van der Waals surface area contributed by atoms with Crippen molar-refractivity contribution >= 4 is 10.8 Å². The Bertz CT molecular complexity index is 859. The van der Waals surface area contributed by atoms with Crippen LogP contribution in [-0.2, 0) is 6.54 Å². The molecule has 2 heterocycles. The van der Waals surface area contributed by atoms with Gasteiger partial charge in [0.1, 0.15) is 0 Å². The van der Waals surface area contributed by atoms with Gasteiger partial charge in [0.2, 0.25) is 5.69 Å². The van der Waals surface area contributed by atoms with Gasteiger partial charge >= 0.3 is 0 Å². The Morgan fingerprint density at radius 1 is 0.950 bits per heavy atom. The highest BCUT2D eigenvalue weighted by molar-refractivity contribution is 5.94. The van der Waals surface area contributed by atoms with Crippen molar-refractivity contribution < 1.29 is 4.57 Å². The van der Waals surface area contributed by atoms with E-state index in [2.05, 4.69) is 67.8 Å². The molecule has 0 fully saturated rings. The first-order chi connectivity index (χ1) is 9.65. The highest BCUT2D eigenvalue weighted by Gasteiger charge is 2.31. The van der Waals surface area contributed by atoms with Crippen molar-refractivity contribution in [3.63, 3.8) is 0 Å².